The summed E-state index contributed by atoms with van der Waals surface area (Å²) in [6.07, 6.45) is 0.736. The highest BCUT2D eigenvalue weighted by molar-refractivity contribution is 5.83. The summed E-state index contributed by atoms with van der Waals surface area (Å²) >= 11 is 0. The van der Waals surface area contributed by atoms with Gasteiger partial charge in [-0.15, -0.1) is 0 Å². The van der Waals surface area contributed by atoms with E-state index in [9.17, 15) is 13.2 Å². The zero-order valence-corrected chi connectivity index (χ0v) is 22.6. The van der Waals surface area contributed by atoms with Crippen molar-refractivity contribution in [2.75, 3.05) is 38.0 Å². The standard InChI is InChI=1S/C29H30F4N8/c1-2-39-12-18-14-40(15-19(18)13-39)11-16-3-5-24(34-9-16)36-29-35-10-21(31)26(38-29)17-7-20(30)27-23(8-17)41-22(28(32)33)4-6-25(41)37-27/h3,5,7-10,18-19,22,28H,2,4,6,11-15H2,1H3,(H,34,35,36,38)/t18?,19?,22-/m0/s1. The second-order valence-electron chi connectivity index (χ2n) is 11.3. The Bertz CT molecular complexity index is 1580. The maximum atomic E-state index is 15.0. The number of rotatable bonds is 7. The van der Waals surface area contributed by atoms with Crippen molar-refractivity contribution in [3.63, 3.8) is 0 Å². The fourth-order valence-corrected chi connectivity index (χ4v) is 6.70. The van der Waals surface area contributed by atoms with Gasteiger partial charge >= 0.3 is 0 Å². The van der Waals surface area contributed by atoms with Crippen molar-refractivity contribution in [3.8, 4) is 11.3 Å². The lowest BCUT2D eigenvalue weighted by atomic mass is 10.0. The Kier molecular flexibility index (Phi) is 6.61. The smallest absolute Gasteiger partial charge is 0.259 e. The second-order valence-corrected chi connectivity index (χ2v) is 11.3. The van der Waals surface area contributed by atoms with Crippen LogP contribution in [0, 0.1) is 23.5 Å². The van der Waals surface area contributed by atoms with Gasteiger partial charge < -0.3 is 14.8 Å². The monoisotopic (exact) mass is 566 g/mol. The van der Waals surface area contributed by atoms with Crippen molar-refractivity contribution in [3.05, 3.63) is 59.7 Å². The Morgan fingerprint density at radius 2 is 1.73 bits per heavy atom. The van der Waals surface area contributed by atoms with Crippen LogP contribution in [0.5, 0.6) is 0 Å². The van der Waals surface area contributed by atoms with E-state index in [1.807, 2.05) is 18.3 Å². The van der Waals surface area contributed by atoms with Crippen LogP contribution in [0.15, 0.2) is 36.7 Å². The molecule has 4 aromatic rings. The van der Waals surface area contributed by atoms with Gasteiger partial charge in [0.2, 0.25) is 5.95 Å². The average molecular weight is 567 g/mol. The highest BCUT2D eigenvalue weighted by atomic mass is 19.3. The lowest BCUT2D eigenvalue weighted by molar-refractivity contribution is 0.0883. The van der Waals surface area contributed by atoms with Crippen LogP contribution in [-0.2, 0) is 13.0 Å². The number of pyridine rings is 1. The molecule has 12 heteroatoms. The zero-order valence-electron chi connectivity index (χ0n) is 22.6. The second kappa shape index (κ2) is 10.3. The normalized spacial score (nSPS) is 22.6. The molecule has 0 amide bonds. The van der Waals surface area contributed by atoms with E-state index in [0.717, 1.165) is 55.8 Å². The van der Waals surface area contributed by atoms with Gasteiger partial charge in [-0.05, 0) is 48.6 Å². The van der Waals surface area contributed by atoms with Crippen molar-refractivity contribution < 1.29 is 17.6 Å². The number of benzene rings is 1. The molecule has 2 unspecified atom stereocenters. The number of alkyl halides is 2. The van der Waals surface area contributed by atoms with Crippen LogP contribution in [0.25, 0.3) is 22.3 Å². The first-order valence-electron chi connectivity index (χ1n) is 14.0. The molecule has 0 spiro atoms. The molecule has 2 fully saturated rings. The number of imidazole rings is 1. The number of halogens is 4. The van der Waals surface area contributed by atoms with Crippen molar-refractivity contribution >= 4 is 22.8 Å². The number of fused-ring (bicyclic) bond motifs is 4. The molecule has 3 aliphatic rings. The predicted molar refractivity (Wildman–Crippen MR) is 146 cm³/mol. The van der Waals surface area contributed by atoms with Crippen LogP contribution in [-0.4, -0.2) is 73.5 Å². The topological polar surface area (TPSA) is 75.0 Å². The molecule has 0 aliphatic carbocycles. The van der Waals surface area contributed by atoms with E-state index in [1.54, 1.807) is 0 Å². The SMILES string of the molecule is CCN1CC2CN(Cc3ccc(Nc4ncc(F)c(-c5cc(F)c6nc7n(c6c5)[C@H](C(F)F)CC7)n4)nc3)CC2C1. The third kappa shape index (κ3) is 4.82. The average Bonchev–Trinajstić information content (AvgIpc) is 3.71. The molecule has 7 rings (SSSR count). The number of nitrogens with zero attached hydrogens (tertiary/aromatic N) is 7. The molecule has 3 aliphatic heterocycles. The summed E-state index contributed by atoms with van der Waals surface area (Å²) in [5.41, 5.74) is 1.26. The quantitative estimate of drug-likeness (QED) is 0.314. The van der Waals surface area contributed by atoms with Gasteiger partial charge in [0.15, 0.2) is 11.6 Å². The predicted octanol–water partition coefficient (Wildman–Crippen LogP) is 5.05. The van der Waals surface area contributed by atoms with E-state index < -0.39 is 24.1 Å². The van der Waals surface area contributed by atoms with E-state index in [-0.39, 0.29) is 34.7 Å². The molecule has 1 N–H and O–H groups in total. The number of anilines is 2. The number of likely N-dealkylation sites (tertiary alicyclic amines) is 2. The Labute approximate surface area is 234 Å². The van der Waals surface area contributed by atoms with Crippen LogP contribution < -0.4 is 5.32 Å². The summed E-state index contributed by atoms with van der Waals surface area (Å²) in [4.78, 5) is 22.0. The van der Waals surface area contributed by atoms with Crippen LogP contribution in [0.4, 0.5) is 29.3 Å². The molecule has 0 saturated carbocycles. The van der Waals surface area contributed by atoms with E-state index in [0.29, 0.717) is 18.1 Å². The van der Waals surface area contributed by atoms with Crippen molar-refractivity contribution in [2.24, 2.45) is 11.8 Å². The molecule has 2 saturated heterocycles. The van der Waals surface area contributed by atoms with Crippen LogP contribution in [0.3, 0.4) is 0 Å². The number of nitrogens with one attached hydrogen (secondary N) is 1. The molecule has 6 heterocycles. The first-order chi connectivity index (χ1) is 19.9. The number of aryl methyl sites for hydroxylation is 1. The largest absolute Gasteiger partial charge is 0.319 e. The van der Waals surface area contributed by atoms with Crippen molar-refractivity contribution in [1.82, 2.24) is 34.3 Å². The van der Waals surface area contributed by atoms with Gasteiger partial charge in [-0.25, -0.2) is 37.5 Å². The van der Waals surface area contributed by atoms with E-state index >= 15 is 4.39 Å². The van der Waals surface area contributed by atoms with Crippen molar-refractivity contribution in [1.29, 1.82) is 0 Å². The third-order valence-corrected chi connectivity index (χ3v) is 8.68. The van der Waals surface area contributed by atoms with Crippen molar-refractivity contribution in [2.45, 2.75) is 38.8 Å². The lowest BCUT2D eigenvalue weighted by Crippen LogP contribution is -2.28. The van der Waals surface area contributed by atoms with Crippen LogP contribution >= 0.6 is 0 Å². The molecule has 41 heavy (non-hydrogen) atoms. The number of aromatic nitrogens is 5. The molecular formula is C29H30F4N8. The van der Waals surface area contributed by atoms with Gasteiger partial charge in [0, 0.05) is 50.9 Å². The maximum Gasteiger partial charge on any atom is 0.259 e. The van der Waals surface area contributed by atoms with Gasteiger partial charge in [0.05, 0.1) is 17.8 Å². The number of hydrogen-bond donors (Lipinski definition) is 1. The highest BCUT2D eigenvalue weighted by Gasteiger charge is 2.39. The minimum atomic E-state index is -2.62. The molecule has 8 nitrogen and oxygen atoms in total. The van der Waals surface area contributed by atoms with E-state index in [4.69, 9.17) is 0 Å². The minimum Gasteiger partial charge on any atom is -0.319 e. The summed E-state index contributed by atoms with van der Waals surface area (Å²) in [7, 11) is 0. The Hall–Kier alpha value is -3.64. The molecule has 214 valence electrons. The molecule has 0 radical (unpaired) electrons. The van der Waals surface area contributed by atoms with Crippen LogP contribution in [0.2, 0.25) is 0 Å². The minimum absolute atomic E-state index is 0.00808. The first-order valence-corrected chi connectivity index (χ1v) is 14.0. The summed E-state index contributed by atoms with van der Waals surface area (Å²) in [6.45, 7) is 8.73. The third-order valence-electron chi connectivity index (χ3n) is 8.68. The summed E-state index contributed by atoms with van der Waals surface area (Å²) in [5.74, 6) is 0.962. The van der Waals surface area contributed by atoms with Gasteiger partial charge in [-0.2, -0.15) is 0 Å². The summed E-state index contributed by atoms with van der Waals surface area (Å²) < 4.78 is 58.5. The Morgan fingerprint density at radius 1 is 0.951 bits per heavy atom. The van der Waals surface area contributed by atoms with Crippen LogP contribution in [0.1, 0.15) is 30.8 Å². The van der Waals surface area contributed by atoms with E-state index in [2.05, 4.69) is 42.0 Å². The highest BCUT2D eigenvalue weighted by Crippen LogP contribution is 2.37. The first kappa shape index (κ1) is 26.3. The maximum absolute atomic E-state index is 15.0. The summed E-state index contributed by atoms with van der Waals surface area (Å²) in [6, 6.07) is 5.31. The zero-order chi connectivity index (χ0) is 28.2. The Morgan fingerprint density at radius 3 is 2.44 bits per heavy atom. The molecule has 1 aromatic carbocycles. The van der Waals surface area contributed by atoms with Gasteiger partial charge in [-0.1, -0.05) is 13.0 Å². The van der Waals surface area contributed by atoms with Gasteiger partial charge in [0.25, 0.3) is 6.43 Å². The fraction of sp³-hybridized carbons (Fsp3) is 0.448. The lowest BCUT2D eigenvalue weighted by Gasteiger charge is -2.20. The van der Waals surface area contributed by atoms with Gasteiger partial charge in [-0.3, -0.25) is 4.90 Å². The fourth-order valence-electron chi connectivity index (χ4n) is 6.70. The summed E-state index contributed by atoms with van der Waals surface area (Å²) in [5, 5.41) is 2.99. The molecule has 0 bridgehead atoms. The molecule has 3 atom stereocenters. The molecular weight excluding hydrogens is 536 g/mol. The molecule has 3 aromatic heterocycles. The Balaban J connectivity index is 1.08. The van der Waals surface area contributed by atoms with E-state index in [1.165, 1.54) is 23.7 Å². The number of hydrogen-bond acceptors (Lipinski definition) is 7. The van der Waals surface area contributed by atoms with Gasteiger partial charge in [0.1, 0.15) is 22.9 Å².